The van der Waals surface area contributed by atoms with Crippen LogP contribution in [0.3, 0.4) is 0 Å². The molecule has 0 saturated carbocycles. The molecule has 1 saturated heterocycles. The Kier molecular flexibility index (Phi) is 1.62. The average Bonchev–Trinajstić information content (AvgIpc) is 2.46. The van der Waals surface area contributed by atoms with Crippen molar-refractivity contribution in [3.63, 3.8) is 0 Å². The zero-order valence-corrected chi connectivity index (χ0v) is 6.18. The summed E-state index contributed by atoms with van der Waals surface area (Å²) < 4.78 is 5.42. The third-order valence-corrected chi connectivity index (χ3v) is 2.12. The molecule has 1 fully saturated rings. The summed E-state index contributed by atoms with van der Waals surface area (Å²) in [7, 11) is 0. The second kappa shape index (κ2) is 2.14. The van der Waals surface area contributed by atoms with Gasteiger partial charge in [-0.05, 0) is 19.8 Å². The number of hydrogen-bond donors (Lipinski definition) is 0. The second-order valence-electron chi connectivity index (χ2n) is 2.80. The van der Waals surface area contributed by atoms with Crippen LogP contribution in [-0.2, 0) is 4.74 Å². The minimum absolute atomic E-state index is 0.189. The highest BCUT2D eigenvalue weighted by molar-refractivity contribution is 5.00. The minimum atomic E-state index is 0.189. The first-order chi connectivity index (χ1) is 4.23. The van der Waals surface area contributed by atoms with Crippen LogP contribution in [0.4, 0.5) is 0 Å². The quantitative estimate of drug-likeness (QED) is 0.417. The van der Waals surface area contributed by atoms with E-state index in [-0.39, 0.29) is 5.60 Å². The first-order valence-corrected chi connectivity index (χ1v) is 3.51. The number of epoxide rings is 1. The van der Waals surface area contributed by atoms with E-state index in [0.29, 0.717) is 6.10 Å². The molecule has 0 bridgehead atoms. The molecule has 0 aromatic heterocycles. The van der Waals surface area contributed by atoms with Gasteiger partial charge in [0.2, 0.25) is 0 Å². The van der Waals surface area contributed by atoms with Gasteiger partial charge in [-0.3, -0.25) is 0 Å². The van der Waals surface area contributed by atoms with Crippen LogP contribution in [0.2, 0.25) is 0 Å². The molecule has 2 atom stereocenters. The Morgan fingerprint density at radius 3 is 2.78 bits per heavy atom. The monoisotopic (exact) mass is 126 g/mol. The highest BCUT2D eigenvalue weighted by Crippen LogP contribution is 2.40. The van der Waals surface area contributed by atoms with Crippen molar-refractivity contribution in [3.05, 3.63) is 12.7 Å². The average molecular weight is 126 g/mol. The van der Waals surface area contributed by atoms with E-state index in [2.05, 4.69) is 20.4 Å². The third kappa shape index (κ3) is 1.16. The smallest absolute Gasteiger partial charge is 0.0921 e. The number of rotatable bonds is 3. The molecule has 0 radical (unpaired) electrons. The second-order valence-corrected chi connectivity index (χ2v) is 2.80. The van der Waals surface area contributed by atoms with E-state index in [1.54, 1.807) is 0 Å². The molecule has 52 valence electrons. The van der Waals surface area contributed by atoms with Gasteiger partial charge in [-0.15, -0.1) is 6.58 Å². The van der Waals surface area contributed by atoms with Gasteiger partial charge in [0, 0.05) is 0 Å². The molecule has 0 aromatic rings. The molecule has 1 aliphatic rings. The van der Waals surface area contributed by atoms with E-state index in [0.717, 1.165) is 12.8 Å². The molecule has 0 spiro atoms. The van der Waals surface area contributed by atoms with Crippen LogP contribution in [0.25, 0.3) is 0 Å². The molecule has 2 unspecified atom stereocenters. The van der Waals surface area contributed by atoms with Gasteiger partial charge in [0.1, 0.15) is 0 Å². The predicted molar refractivity (Wildman–Crippen MR) is 38.4 cm³/mol. The largest absolute Gasteiger partial charge is 0.366 e. The topological polar surface area (TPSA) is 12.5 Å². The molecule has 1 rings (SSSR count). The fraction of sp³-hybridized carbons (Fsp3) is 0.750. The maximum absolute atomic E-state index is 5.42. The van der Waals surface area contributed by atoms with Gasteiger partial charge in [-0.25, -0.2) is 0 Å². The van der Waals surface area contributed by atoms with E-state index >= 15 is 0 Å². The van der Waals surface area contributed by atoms with Gasteiger partial charge < -0.3 is 4.74 Å². The van der Waals surface area contributed by atoms with Crippen molar-refractivity contribution >= 4 is 0 Å². The van der Waals surface area contributed by atoms with Crippen LogP contribution in [0.5, 0.6) is 0 Å². The van der Waals surface area contributed by atoms with Crippen molar-refractivity contribution in [1.29, 1.82) is 0 Å². The van der Waals surface area contributed by atoms with Crippen LogP contribution < -0.4 is 0 Å². The lowest BCUT2D eigenvalue weighted by Crippen LogP contribution is -2.06. The van der Waals surface area contributed by atoms with Gasteiger partial charge in [-0.2, -0.15) is 0 Å². The standard InChI is InChI=1S/C8H14O/c1-4-6-7-8(3,5-2)9-7/h4,7H,1,5-6H2,2-3H3. The molecule has 1 nitrogen and oxygen atoms in total. The molecule has 1 aliphatic heterocycles. The highest BCUT2D eigenvalue weighted by atomic mass is 16.6. The summed E-state index contributed by atoms with van der Waals surface area (Å²) in [5.41, 5.74) is 0.189. The van der Waals surface area contributed by atoms with Crippen LogP contribution in [0.15, 0.2) is 12.7 Å². The van der Waals surface area contributed by atoms with Crippen molar-refractivity contribution in [1.82, 2.24) is 0 Å². The van der Waals surface area contributed by atoms with Gasteiger partial charge in [-0.1, -0.05) is 13.0 Å². The van der Waals surface area contributed by atoms with E-state index in [1.165, 1.54) is 0 Å². The molecule has 0 N–H and O–H groups in total. The normalized spacial score (nSPS) is 40.4. The van der Waals surface area contributed by atoms with Gasteiger partial charge in [0.25, 0.3) is 0 Å². The van der Waals surface area contributed by atoms with Gasteiger partial charge in [0.15, 0.2) is 0 Å². The maximum Gasteiger partial charge on any atom is 0.0921 e. The van der Waals surface area contributed by atoms with Crippen LogP contribution in [-0.4, -0.2) is 11.7 Å². The first kappa shape index (κ1) is 6.81. The van der Waals surface area contributed by atoms with E-state index in [4.69, 9.17) is 4.74 Å². The SMILES string of the molecule is C=CCC1OC1(C)CC. The molecule has 0 aromatic carbocycles. The molecular weight excluding hydrogens is 112 g/mol. The Morgan fingerprint density at radius 1 is 1.78 bits per heavy atom. The maximum atomic E-state index is 5.42. The van der Waals surface area contributed by atoms with Crippen molar-refractivity contribution in [3.8, 4) is 0 Å². The summed E-state index contributed by atoms with van der Waals surface area (Å²) in [5, 5.41) is 0. The Balaban J connectivity index is 2.29. The van der Waals surface area contributed by atoms with Crippen molar-refractivity contribution < 1.29 is 4.74 Å². The van der Waals surface area contributed by atoms with Crippen LogP contribution in [0, 0.1) is 0 Å². The molecule has 0 amide bonds. The third-order valence-electron chi connectivity index (χ3n) is 2.12. The summed E-state index contributed by atoms with van der Waals surface area (Å²) in [6.07, 6.45) is 4.50. The summed E-state index contributed by atoms with van der Waals surface area (Å²) in [4.78, 5) is 0. The highest BCUT2D eigenvalue weighted by Gasteiger charge is 2.49. The number of ether oxygens (including phenoxy) is 1. The Hall–Kier alpha value is -0.300. The van der Waals surface area contributed by atoms with E-state index in [9.17, 15) is 0 Å². The summed E-state index contributed by atoms with van der Waals surface area (Å²) >= 11 is 0. The van der Waals surface area contributed by atoms with Crippen molar-refractivity contribution in [2.45, 2.75) is 38.4 Å². The lowest BCUT2D eigenvalue weighted by molar-refractivity contribution is 0.303. The fourth-order valence-electron chi connectivity index (χ4n) is 1.05. The Morgan fingerprint density at radius 2 is 2.44 bits per heavy atom. The zero-order chi connectivity index (χ0) is 6.91. The van der Waals surface area contributed by atoms with Crippen molar-refractivity contribution in [2.75, 3.05) is 0 Å². The Labute approximate surface area is 56.7 Å². The number of hydrogen-bond acceptors (Lipinski definition) is 1. The van der Waals surface area contributed by atoms with E-state index < -0.39 is 0 Å². The van der Waals surface area contributed by atoms with Crippen LogP contribution in [0.1, 0.15) is 26.7 Å². The first-order valence-electron chi connectivity index (χ1n) is 3.51. The lowest BCUT2D eigenvalue weighted by atomic mass is 10.0. The molecule has 1 heterocycles. The van der Waals surface area contributed by atoms with E-state index in [1.807, 2.05) is 6.08 Å². The van der Waals surface area contributed by atoms with Gasteiger partial charge in [0.05, 0.1) is 11.7 Å². The zero-order valence-electron chi connectivity index (χ0n) is 6.18. The summed E-state index contributed by atoms with van der Waals surface area (Å²) in [5.74, 6) is 0. The molecule has 9 heavy (non-hydrogen) atoms. The minimum Gasteiger partial charge on any atom is -0.366 e. The summed E-state index contributed by atoms with van der Waals surface area (Å²) in [6.45, 7) is 7.97. The molecular formula is C8H14O. The van der Waals surface area contributed by atoms with Crippen LogP contribution >= 0.6 is 0 Å². The van der Waals surface area contributed by atoms with Crippen molar-refractivity contribution in [2.24, 2.45) is 0 Å². The predicted octanol–water partition coefficient (Wildman–Crippen LogP) is 2.13. The molecule has 0 aliphatic carbocycles. The van der Waals surface area contributed by atoms with Gasteiger partial charge >= 0.3 is 0 Å². The molecule has 1 heteroatoms. The lowest BCUT2D eigenvalue weighted by Gasteiger charge is -1.96. The summed E-state index contributed by atoms with van der Waals surface area (Å²) in [6, 6.07) is 0. The fourth-order valence-corrected chi connectivity index (χ4v) is 1.05. The Bertz CT molecular complexity index is 120.